The first-order valence-electron chi connectivity index (χ1n) is 11.0. The Morgan fingerprint density at radius 2 is 1.62 bits per heavy atom. The number of ether oxygens (including phenoxy) is 2. The van der Waals surface area contributed by atoms with E-state index >= 15 is 0 Å². The van der Waals surface area contributed by atoms with Gasteiger partial charge in [-0.15, -0.1) is 0 Å². The topological polar surface area (TPSA) is 123 Å². The second kappa shape index (κ2) is 12.3. The van der Waals surface area contributed by atoms with E-state index in [1.54, 1.807) is 68.5 Å². The van der Waals surface area contributed by atoms with Crippen LogP contribution in [0, 0.1) is 11.3 Å². The molecule has 0 spiro atoms. The van der Waals surface area contributed by atoms with Crippen molar-refractivity contribution < 1.29 is 23.9 Å². The van der Waals surface area contributed by atoms with Crippen LogP contribution < -0.4 is 10.5 Å². The van der Waals surface area contributed by atoms with Crippen LogP contribution >= 0.6 is 0 Å². The second-order valence-electron chi connectivity index (χ2n) is 8.16. The number of rotatable bonds is 10. The van der Waals surface area contributed by atoms with Gasteiger partial charge in [-0.2, -0.15) is 0 Å². The van der Waals surface area contributed by atoms with Crippen LogP contribution in [0.1, 0.15) is 49.2 Å². The summed E-state index contributed by atoms with van der Waals surface area (Å²) in [5.41, 5.74) is 7.50. The number of benzene rings is 2. The lowest BCUT2D eigenvalue weighted by atomic mass is 10.1. The Kier molecular flexibility index (Phi) is 9.55. The summed E-state index contributed by atoms with van der Waals surface area (Å²) in [5, 5.41) is 7.40. The summed E-state index contributed by atoms with van der Waals surface area (Å²) in [4.78, 5) is 38.7. The molecular weight excluding hydrogens is 434 g/mol. The minimum absolute atomic E-state index is 0.0662. The third-order valence-corrected chi connectivity index (χ3v) is 4.74. The smallest absolute Gasteiger partial charge is 0.343 e. The SMILES string of the molecule is CCOC(=O)CN(CC(C)C)C(=O)/C(C)=C/c1ccc(C(=O)Oc2ccc(C(=N)N)cc2)cc1. The van der Waals surface area contributed by atoms with E-state index in [1.807, 2.05) is 13.8 Å². The molecule has 34 heavy (non-hydrogen) atoms. The molecule has 180 valence electrons. The molecule has 0 atom stereocenters. The molecule has 8 nitrogen and oxygen atoms in total. The summed E-state index contributed by atoms with van der Waals surface area (Å²) in [7, 11) is 0. The van der Waals surface area contributed by atoms with Gasteiger partial charge in [0.05, 0.1) is 12.2 Å². The summed E-state index contributed by atoms with van der Waals surface area (Å²) >= 11 is 0. The Balaban J connectivity index is 2.08. The zero-order chi connectivity index (χ0) is 25.3. The lowest BCUT2D eigenvalue weighted by Crippen LogP contribution is -2.39. The number of nitrogen functional groups attached to an aromatic ring is 1. The van der Waals surface area contributed by atoms with Crippen molar-refractivity contribution in [2.45, 2.75) is 27.7 Å². The zero-order valence-corrected chi connectivity index (χ0v) is 20.0. The minimum Gasteiger partial charge on any atom is -0.465 e. The van der Waals surface area contributed by atoms with Gasteiger partial charge in [0.15, 0.2) is 0 Å². The Morgan fingerprint density at radius 1 is 1.03 bits per heavy atom. The van der Waals surface area contributed by atoms with Gasteiger partial charge in [0.1, 0.15) is 18.1 Å². The molecule has 3 N–H and O–H groups in total. The maximum absolute atomic E-state index is 12.9. The van der Waals surface area contributed by atoms with E-state index < -0.39 is 11.9 Å². The highest BCUT2D eigenvalue weighted by Crippen LogP contribution is 2.16. The van der Waals surface area contributed by atoms with Gasteiger partial charge in [-0.05, 0) is 67.8 Å². The van der Waals surface area contributed by atoms with Gasteiger partial charge in [-0.3, -0.25) is 15.0 Å². The fourth-order valence-electron chi connectivity index (χ4n) is 3.17. The predicted molar refractivity (Wildman–Crippen MR) is 131 cm³/mol. The van der Waals surface area contributed by atoms with Crippen molar-refractivity contribution in [2.75, 3.05) is 19.7 Å². The molecule has 2 aromatic rings. The highest BCUT2D eigenvalue weighted by molar-refractivity contribution is 5.99. The van der Waals surface area contributed by atoms with Gasteiger partial charge >= 0.3 is 11.9 Å². The Labute approximate surface area is 199 Å². The van der Waals surface area contributed by atoms with Crippen LogP contribution in [0.15, 0.2) is 54.1 Å². The molecule has 0 aliphatic rings. The van der Waals surface area contributed by atoms with Gasteiger partial charge in [0.2, 0.25) is 5.91 Å². The summed E-state index contributed by atoms with van der Waals surface area (Å²) in [6, 6.07) is 13.0. The largest absolute Gasteiger partial charge is 0.465 e. The van der Waals surface area contributed by atoms with Gasteiger partial charge in [-0.1, -0.05) is 26.0 Å². The molecule has 2 rings (SSSR count). The molecule has 0 saturated heterocycles. The van der Waals surface area contributed by atoms with E-state index in [1.165, 1.54) is 4.90 Å². The third kappa shape index (κ3) is 7.88. The van der Waals surface area contributed by atoms with E-state index in [0.717, 1.165) is 5.56 Å². The van der Waals surface area contributed by atoms with Gasteiger partial charge in [-0.25, -0.2) is 4.79 Å². The Bertz CT molecular complexity index is 1060. The maximum atomic E-state index is 12.9. The number of hydrogen-bond donors (Lipinski definition) is 2. The lowest BCUT2D eigenvalue weighted by Gasteiger charge is -2.24. The van der Waals surface area contributed by atoms with Crippen molar-refractivity contribution in [1.29, 1.82) is 5.41 Å². The van der Waals surface area contributed by atoms with Crippen molar-refractivity contribution >= 4 is 29.8 Å². The van der Waals surface area contributed by atoms with Gasteiger partial charge in [0, 0.05) is 17.7 Å². The first kappa shape index (κ1) is 26.3. The number of nitrogens with one attached hydrogen (secondary N) is 1. The molecule has 0 fully saturated rings. The first-order chi connectivity index (χ1) is 16.1. The highest BCUT2D eigenvalue weighted by Gasteiger charge is 2.20. The Hall–Kier alpha value is -3.94. The summed E-state index contributed by atoms with van der Waals surface area (Å²) in [6.07, 6.45) is 1.70. The van der Waals surface area contributed by atoms with Crippen LogP contribution in [-0.2, 0) is 14.3 Å². The summed E-state index contributed by atoms with van der Waals surface area (Å²) in [5.74, 6) is -0.760. The van der Waals surface area contributed by atoms with Crippen molar-refractivity contribution in [1.82, 2.24) is 4.90 Å². The van der Waals surface area contributed by atoms with Crippen molar-refractivity contribution in [3.05, 3.63) is 70.8 Å². The number of esters is 2. The number of amides is 1. The quantitative estimate of drug-likeness (QED) is 0.182. The molecule has 1 amide bonds. The van der Waals surface area contributed by atoms with E-state index in [0.29, 0.717) is 29.0 Å². The van der Waals surface area contributed by atoms with E-state index in [9.17, 15) is 14.4 Å². The normalized spacial score (nSPS) is 11.1. The molecule has 2 aromatic carbocycles. The lowest BCUT2D eigenvalue weighted by molar-refractivity contribution is -0.148. The van der Waals surface area contributed by atoms with E-state index in [-0.39, 0.29) is 30.8 Å². The summed E-state index contributed by atoms with van der Waals surface area (Å²) in [6.45, 7) is 7.94. The van der Waals surface area contributed by atoms with Crippen molar-refractivity contribution in [2.24, 2.45) is 11.7 Å². The van der Waals surface area contributed by atoms with Crippen molar-refractivity contribution in [3.8, 4) is 5.75 Å². The number of carbonyl (C=O) groups excluding carboxylic acids is 3. The van der Waals surface area contributed by atoms with Gasteiger partial charge in [0.25, 0.3) is 0 Å². The molecule has 0 saturated carbocycles. The van der Waals surface area contributed by atoms with Crippen LogP contribution in [-0.4, -0.2) is 48.3 Å². The molecule has 0 aliphatic heterocycles. The van der Waals surface area contributed by atoms with Crippen LogP contribution in [0.5, 0.6) is 5.75 Å². The third-order valence-electron chi connectivity index (χ3n) is 4.74. The standard InChI is InChI=1S/C26H31N3O5/c1-5-33-23(30)16-29(15-17(2)3)25(31)18(4)14-19-6-8-21(9-7-19)26(32)34-22-12-10-20(11-13-22)24(27)28/h6-14,17H,5,15-16H2,1-4H3,(H3,27,28)/b18-14+. The molecular formula is C26H31N3O5. The molecule has 0 aromatic heterocycles. The molecule has 0 bridgehead atoms. The molecule has 0 unspecified atom stereocenters. The van der Waals surface area contributed by atoms with Crippen LogP contribution in [0.4, 0.5) is 0 Å². The predicted octanol–water partition coefficient (Wildman–Crippen LogP) is 3.64. The fraction of sp³-hybridized carbons (Fsp3) is 0.308. The van der Waals surface area contributed by atoms with Crippen LogP contribution in [0.25, 0.3) is 6.08 Å². The zero-order valence-electron chi connectivity index (χ0n) is 20.0. The van der Waals surface area contributed by atoms with E-state index in [2.05, 4.69) is 0 Å². The van der Waals surface area contributed by atoms with E-state index in [4.69, 9.17) is 20.6 Å². The fourth-order valence-corrected chi connectivity index (χ4v) is 3.17. The van der Waals surface area contributed by atoms with Gasteiger partial charge < -0.3 is 20.1 Å². The van der Waals surface area contributed by atoms with Crippen LogP contribution in [0.2, 0.25) is 0 Å². The Morgan fingerprint density at radius 3 is 2.15 bits per heavy atom. The average Bonchev–Trinajstić information content (AvgIpc) is 2.78. The molecule has 8 heteroatoms. The second-order valence-corrected chi connectivity index (χ2v) is 8.16. The summed E-state index contributed by atoms with van der Waals surface area (Å²) < 4.78 is 10.3. The minimum atomic E-state index is -0.531. The molecule has 0 heterocycles. The highest BCUT2D eigenvalue weighted by atomic mass is 16.5. The number of nitrogens with zero attached hydrogens (tertiary/aromatic N) is 1. The molecule has 0 aliphatic carbocycles. The number of nitrogens with two attached hydrogens (primary N) is 1. The van der Waals surface area contributed by atoms with Crippen LogP contribution in [0.3, 0.4) is 0 Å². The van der Waals surface area contributed by atoms with Crippen molar-refractivity contribution in [3.63, 3.8) is 0 Å². The molecule has 0 radical (unpaired) electrons. The average molecular weight is 466 g/mol. The number of carbonyl (C=O) groups is 3. The monoisotopic (exact) mass is 465 g/mol. The first-order valence-corrected chi connectivity index (χ1v) is 11.0. The number of amidine groups is 1. The maximum Gasteiger partial charge on any atom is 0.343 e. The number of hydrogen-bond acceptors (Lipinski definition) is 6.